The minimum atomic E-state index is -0.349. The number of aliphatic hydroxyl groups excluding tert-OH is 1. The first-order chi connectivity index (χ1) is 13.5. The van der Waals surface area contributed by atoms with Gasteiger partial charge in [0.1, 0.15) is 11.6 Å². The van der Waals surface area contributed by atoms with Crippen molar-refractivity contribution < 1.29 is 5.11 Å². The summed E-state index contributed by atoms with van der Waals surface area (Å²) in [5.41, 5.74) is 2.26. The molecule has 1 N–H and O–H groups in total. The molecule has 2 aromatic rings. The number of aromatic nitrogens is 2. The maximum atomic E-state index is 10.7. The quantitative estimate of drug-likeness (QED) is 0.846. The van der Waals surface area contributed by atoms with E-state index in [-0.39, 0.29) is 12.1 Å². The lowest BCUT2D eigenvalue weighted by molar-refractivity contribution is 0.0424. The maximum Gasteiger partial charge on any atom is 0.132 e. The summed E-state index contributed by atoms with van der Waals surface area (Å²) in [6, 6.07) is 10.3. The highest BCUT2D eigenvalue weighted by Gasteiger charge is 2.37. The van der Waals surface area contributed by atoms with Gasteiger partial charge in [-0.1, -0.05) is 23.7 Å². The van der Waals surface area contributed by atoms with Crippen molar-refractivity contribution in [1.29, 1.82) is 0 Å². The fraction of sp³-hybridized carbons (Fsp3) is 0.524. The molecule has 0 bridgehead atoms. The Balaban J connectivity index is 1.33. The van der Waals surface area contributed by atoms with E-state index in [1.165, 1.54) is 5.56 Å². The molecule has 0 radical (unpaired) electrons. The van der Waals surface area contributed by atoms with Crippen LogP contribution in [-0.4, -0.2) is 76.3 Å². The molecule has 2 atom stereocenters. The third kappa shape index (κ3) is 4.46. The predicted molar refractivity (Wildman–Crippen MR) is 112 cm³/mol. The van der Waals surface area contributed by atoms with Crippen molar-refractivity contribution in [2.45, 2.75) is 32.5 Å². The van der Waals surface area contributed by atoms with Gasteiger partial charge in [0.2, 0.25) is 0 Å². The van der Waals surface area contributed by atoms with E-state index < -0.39 is 0 Å². The third-order valence-electron chi connectivity index (χ3n) is 5.73. The van der Waals surface area contributed by atoms with Crippen LogP contribution in [0.4, 0.5) is 5.82 Å². The van der Waals surface area contributed by atoms with Gasteiger partial charge >= 0.3 is 0 Å². The number of benzene rings is 1. The van der Waals surface area contributed by atoms with Crippen LogP contribution in [0.15, 0.2) is 30.3 Å². The summed E-state index contributed by atoms with van der Waals surface area (Å²) < 4.78 is 0. The van der Waals surface area contributed by atoms with Crippen LogP contribution < -0.4 is 4.90 Å². The highest BCUT2D eigenvalue weighted by atomic mass is 35.5. The topological polar surface area (TPSA) is 55.7 Å². The van der Waals surface area contributed by atoms with Gasteiger partial charge in [0.25, 0.3) is 0 Å². The number of halogens is 1. The molecule has 6 nitrogen and oxygen atoms in total. The smallest absolute Gasteiger partial charge is 0.132 e. The molecule has 0 aliphatic carbocycles. The van der Waals surface area contributed by atoms with E-state index in [1.807, 2.05) is 32.0 Å². The fourth-order valence-electron chi connectivity index (χ4n) is 4.28. The molecule has 0 amide bonds. The lowest BCUT2D eigenvalue weighted by Crippen LogP contribution is -2.53. The Bertz CT molecular complexity index is 787. The van der Waals surface area contributed by atoms with Gasteiger partial charge in [-0.3, -0.25) is 9.80 Å². The average Bonchev–Trinajstić information content (AvgIpc) is 3.05. The van der Waals surface area contributed by atoms with Crippen LogP contribution in [0.25, 0.3) is 0 Å². The van der Waals surface area contributed by atoms with Gasteiger partial charge in [0.15, 0.2) is 0 Å². The minimum absolute atomic E-state index is 0.160. The highest BCUT2D eigenvalue weighted by molar-refractivity contribution is 6.30. The second kappa shape index (κ2) is 8.33. The van der Waals surface area contributed by atoms with E-state index in [1.54, 1.807) is 0 Å². The van der Waals surface area contributed by atoms with Crippen molar-refractivity contribution in [3.63, 3.8) is 0 Å². The molecular weight excluding hydrogens is 374 g/mol. The molecule has 150 valence electrons. The molecule has 28 heavy (non-hydrogen) atoms. The zero-order valence-corrected chi connectivity index (χ0v) is 17.3. The number of hydrogen-bond acceptors (Lipinski definition) is 6. The minimum Gasteiger partial charge on any atom is -0.390 e. The molecule has 2 fully saturated rings. The number of hydrogen-bond donors (Lipinski definition) is 1. The summed E-state index contributed by atoms with van der Waals surface area (Å²) in [5.74, 6) is 1.71. The Morgan fingerprint density at radius 3 is 2.43 bits per heavy atom. The molecule has 0 unspecified atom stereocenters. The third-order valence-corrected chi connectivity index (χ3v) is 5.98. The van der Waals surface area contributed by atoms with Crippen molar-refractivity contribution in [2.24, 2.45) is 0 Å². The first-order valence-electron chi connectivity index (χ1n) is 9.94. The van der Waals surface area contributed by atoms with Gasteiger partial charge in [-0.25, -0.2) is 9.97 Å². The van der Waals surface area contributed by atoms with Crippen LogP contribution >= 0.6 is 11.6 Å². The molecule has 2 aliphatic rings. The molecule has 1 aromatic heterocycles. The Morgan fingerprint density at radius 2 is 1.75 bits per heavy atom. The Labute approximate surface area is 171 Å². The highest BCUT2D eigenvalue weighted by Crippen LogP contribution is 2.24. The Morgan fingerprint density at radius 1 is 1.04 bits per heavy atom. The SMILES string of the molecule is Cc1cc(N2C[C@@H](O)[C@H](N3CCN(Cc4ccc(Cl)cc4)CC3)C2)nc(C)n1. The number of aryl methyl sites for hydroxylation is 2. The van der Waals surface area contributed by atoms with Crippen LogP contribution in [0.5, 0.6) is 0 Å². The van der Waals surface area contributed by atoms with Gasteiger partial charge < -0.3 is 10.0 Å². The number of β-amino-alcohol motifs (C(OH)–C–C–N with tert-alkyl or cyclic N) is 1. The monoisotopic (exact) mass is 401 g/mol. The van der Waals surface area contributed by atoms with Crippen LogP contribution in [0.2, 0.25) is 5.02 Å². The maximum absolute atomic E-state index is 10.7. The molecule has 2 aliphatic heterocycles. The first-order valence-corrected chi connectivity index (χ1v) is 10.3. The van der Waals surface area contributed by atoms with E-state index in [0.717, 1.165) is 61.6 Å². The summed E-state index contributed by atoms with van der Waals surface area (Å²) in [7, 11) is 0. The number of rotatable bonds is 4. The zero-order chi connectivity index (χ0) is 19.7. The number of anilines is 1. The van der Waals surface area contributed by atoms with Crippen LogP contribution in [-0.2, 0) is 6.54 Å². The van der Waals surface area contributed by atoms with Gasteiger partial charge in [-0.05, 0) is 31.5 Å². The van der Waals surface area contributed by atoms with E-state index in [0.29, 0.717) is 6.54 Å². The van der Waals surface area contributed by atoms with Crippen LogP contribution in [0.3, 0.4) is 0 Å². The average molecular weight is 402 g/mol. The number of nitrogens with zero attached hydrogens (tertiary/aromatic N) is 5. The van der Waals surface area contributed by atoms with Crippen molar-refractivity contribution >= 4 is 17.4 Å². The Kier molecular flexibility index (Phi) is 5.83. The van der Waals surface area contributed by atoms with Crippen molar-refractivity contribution in [2.75, 3.05) is 44.2 Å². The summed E-state index contributed by atoms with van der Waals surface area (Å²) in [6.07, 6.45) is -0.349. The first kappa shape index (κ1) is 19.6. The summed E-state index contributed by atoms with van der Waals surface area (Å²) >= 11 is 5.98. The van der Waals surface area contributed by atoms with Crippen molar-refractivity contribution in [1.82, 2.24) is 19.8 Å². The largest absolute Gasteiger partial charge is 0.390 e. The second-order valence-electron chi connectivity index (χ2n) is 7.89. The van der Waals surface area contributed by atoms with Gasteiger partial charge in [-0.2, -0.15) is 0 Å². The summed E-state index contributed by atoms with van der Waals surface area (Å²) in [5, 5.41) is 11.5. The van der Waals surface area contributed by atoms with Crippen molar-refractivity contribution in [3.05, 3.63) is 52.4 Å². The molecule has 4 rings (SSSR count). The Hall–Kier alpha value is -1.73. The summed E-state index contributed by atoms with van der Waals surface area (Å²) in [6.45, 7) is 10.3. The number of piperazine rings is 1. The van der Waals surface area contributed by atoms with Gasteiger partial charge in [-0.15, -0.1) is 0 Å². The van der Waals surface area contributed by atoms with E-state index in [2.05, 4.69) is 36.8 Å². The van der Waals surface area contributed by atoms with E-state index in [4.69, 9.17) is 11.6 Å². The molecule has 0 spiro atoms. The zero-order valence-electron chi connectivity index (χ0n) is 16.6. The normalized spacial score (nSPS) is 24.1. The number of aliphatic hydroxyl groups is 1. The van der Waals surface area contributed by atoms with Crippen LogP contribution in [0.1, 0.15) is 17.1 Å². The lowest BCUT2D eigenvalue weighted by atomic mass is 10.1. The van der Waals surface area contributed by atoms with Crippen molar-refractivity contribution in [3.8, 4) is 0 Å². The molecule has 2 saturated heterocycles. The van der Waals surface area contributed by atoms with Gasteiger partial charge in [0.05, 0.1) is 12.1 Å². The standard InChI is InChI=1S/C21H28ClN5O/c1-15-11-21(24-16(2)23-15)27-13-19(20(28)14-27)26-9-7-25(8-10-26)12-17-3-5-18(22)6-4-17/h3-6,11,19-20,28H,7-10,12-14H2,1-2H3/t19-,20-/m1/s1. The predicted octanol–water partition coefficient (Wildman–Crippen LogP) is 2.11. The molecular formula is C21H28ClN5O. The molecule has 7 heteroatoms. The molecule has 3 heterocycles. The fourth-order valence-corrected chi connectivity index (χ4v) is 4.40. The molecule has 0 saturated carbocycles. The second-order valence-corrected chi connectivity index (χ2v) is 8.33. The molecule has 1 aromatic carbocycles. The lowest BCUT2D eigenvalue weighted by Gasteiger charge is -2.38. The summed E-state index contributed by atoms with van der Waals surface area (Å²) in [4.78, 5) is 16.0. The van der Waals surface area contributed by atoms with E-state index >= 15 is 0 Å². The van der Waals surface area contributed by atoms with E-state index in [9.17, 15) is 5.11 Å². The van der Waals surface area contributed by atoms with Crippen LogP contribution in [0, 0.1) is 13.8 Å². The van der Waals surface area contributed by atoms with Gasteiger partial charge in [0, 0.05) is 62.6 Å².